The van der Waals surface area contributed by atoms with E-state index in [2.05, 4.69) is 10.6 Å². The van der Waals surface area contributed by atoms with E-state index in [9.17, 15) is 14.4 Å². The van der Waals surface area contributed by atoms with Gasteiger partial charge in [-0.15, -0.1) is 0 Å². The van der Waals surface area contributed by atoms with Gasteiger partial charge in [0.2, 0.25) is 5.91 Å². The van der Waals surface area contributed by atoms with Crippen LogP contribution in [0.5, 0.6) is 11.5 Å². The molecule has 0 aromatic heterocycles. The predicted octanol–water partition coefficient (Wildman–Crippen LogP) is 4.97. The van der Waals surface area contributed by atoms with Crippen molar-refractivity contribution in [1.29, 1.82) is 0 Å². The molecule has 0 heterocycles. The van der Waals surface area contributed by atoms with Gasteiger partial charge in [-0.05, 0) is 67.4 Å². The Hall–Kier alpha value is -4.13. The minimum atomic E-state index is -0.455. The van der Waals surface area contributed by atoms with E-state index in [0.29, 0.717) is 42.1 Å². The third-order valence-electron chi connectivity index (χ3n) is 4.68. The third-order valence-corrected chi connectivity index (χ3v) is 4.68. The lowest BCUT2D eigenvalue weighted by atomic mass is 10.2. The van der Waals surface area contributed by atoms with Gasteiger partial charge in [-0.25, -0.2) is 0 Å². The number of anilines is 2. The first-order chi connectivity index (χ1) is 15.9. The van der Waals surface area contributed by atoms with Gasteiger partial charge in [0.25, 0.3) is 5.91 Å². The molecule has 2 N–H and O–H groups in total. The Morgan fingerprint density at radius 1 is 0.848 bits per heavy atom. The van der Waals surface area contributed by atoms with E-state index in [1.807, 2.05) is 31.2 Å². The van der Waals surface area contributed by atoms with Gasteiger partial charge in [-0.3, -0.25) is 14.4 Å². The summed E-state index contributed by atoms with van der Waals surface area (Å²) < 4.78 is 10.7. The Kier molecular flexibility index (Phi) is 8.18. The van der Waals surface area contributed by atoms with E-state index >= 15 is 0 Å². The number of amides is 2. The van der Waals surface area contributed by atoms with Crippen molar-refractivity contribution in [2.75, 3.05) is 17.2 Å². The summed E-state index contributed by atoms with van der Waals surface area (Å²) in [5, 5.41) is 5.61. The Labute approximate surface area is 192 Å². The van der Waals surface area contributed by atoms with Crippen molar-refractivity contribution in [3.05, 3.63) is 83.9 Å². The van der Waals surface area contributed by atoms with Gasteiger partial charge in [0.15, 0.2) is 0 Å². The van der Waals surface area contributed by atoms with E-state index < -0.39 is 5.97 Å². The fourth-order valence-corrected chi connectivity index (χ4v) is 3.06. The molecule has 33 heavy (non-hydrogen) atoms. The average Bonchev–Trinajstić information content (AvgIpc) is 2.79. The van der Waals surface area contributed by atoms with Gasteiger partial charge < -0.3 is 20.1 Å². The molecule has 0 saturated heterocycles. The second-order valence-corrected chi connectivity index (χ2v) is 7.42. The molecule has 0 aliphatic heterocycles. The van der Waals surface area contributed by atoms with Gasteiger partial charge >= 0.3 is 5.97 Å². The standard InChI is InChI=1S/C26H26N2O5/c1-18-7-3-4-10-24(18)32-16-6-11-25(30)27-21-12-14-22(15-13-21)28-26(31)20-8-5-9-23(17-20)33-19(2)29/h3-5,7-10,12-15,17H,6,11,16H2,1-2H3,(H,27,30)(H,28,31). The van der Waals surface area contributed by atoms with Crippen molar-refractivity contribution in [3.63, 3.8) is 0 Å². The van der Waals surface area contributed by atoms with Gasteiger partial charge in [0.1, 0.15) is 11.5 Å². The van der Waals surface area contributed by atoms with Gasteiger partial charge in [-0.1, -0.05) is 24.3 Å². The Bertz CT molecular complexity index is 1130. The number of aryl methyl sites for hydroxylation is 1. The van der Waals surface area contributed by atoms with Crippen LogP contribution in [0.2, 0.25) is 0 Å². The monoisotopic (exact) mass is 446 g/mol. The Morgan fingerprint density at radius 2 is 1.55 bits per heavy atom. The molecule has 170 valence electrons. The number of benzene rings is 3. The van der Waals surface area contributed by atoms with Crippen LogP contribution in [0.1, 0.15) is 35.7 Å². The van der Waals surface area contributed by atoms with Crippen LogP contribution in [-0.4, -0.2) is 24.4 Å². The normalized spacial score (nSPS) is 10.2. The number of esters is 1. The molecule has 0 fully saturated rings. The molecule has 0 spiro atoms. The molecule has 7 nitrogen and oxygen atoms in total. The number of ether oxygens (including phenoxy) is 2. The van der Waals surface area contributed by atoms with E-state index in [1.54, 1.807) is 42.5 Å². The van der Waals surface area contributed by atoms with Crippen LogP contribution < -0.4 is 20.1 Å². The molecule has 7 heteroatoms. The number of rotatable bonds is 9. The fourth-order valence-electron chi connectivity index (χ4n) is 3.06. The third kappa shape index (κ3) is 7.50. The predicted molar refractivity (Wildman–Crippen MR) is 127 cm³/mol. The van der Waals surface area contributed by atoms with Crippen LogP contribution in [0.3, 0.4) is 0 Å². The van der Waals surface area contributed by atoms with E-state index in [4.69, 9.17) is 9.47 Å². The highest BCUT2D eigenvalue weighted by Gasteiger charge is 2.09. The number of nitrogens with one attached hydrogen (secondary N) is 2. The molecule has 3 aromatic carbocycles. The zero-order chi connectivity index (χ0) is 23.6. The van der Waals surface area contributed by atoms with Crippen LogP contribution >= 0.6 is 0 Å². The second-order valence-electron chi connectivity index (χ2n) is 7.42. The molecule has 0 aliphatic rings. The number of carbonyl (C=O) groups excluding carboxylic acids is 3. The van der Waals surface area contributed by atoms with Crippen LogP contribution in [-0.2, 0) is 9.59 Å². The number of hydrogen-bond donors (Lipinski definition) is 2. The summed E-state index contributed by atoms with van der Waals surface area (Å²) in [4.78, 5) is 35.7. The summed E-state index contributed by atoms with van der Waals surface area (Å²) in [6.07, 6.45) is 0.934. The zero-order valence-corrected chi connectivity index (χ0v) is 18.6. The molecular formula is C26H26N2O5. The second kappa shape index (κ2) is 11.5. The van der Waals surface area contributed by atoms with Crippen molar-refractivity contribution in [2.24, 2.45) is 0 Å². The van der Waals surface area contributed by atoms with Gasteiger partial charge in [0.05, 0.1) is 6.61 Å². The highest BCUT2D eigenvalue weighted by atomic mass is 16.5. The van der Waals surface area contributed by atoms with E-state index in [-0.39, 0.29) is 11.8 Å². The van der Waals surface area contributed by atoms with Gasteiger partial charge in [-0.2, -0.15) is 0 Å². The van der Waals surface area contributed by atoms with Crippen LogP contribution in [0.25, 0.3) is 0 Å². The molecule has 0 unspecified atom stereocenters. The highest BCUT2D eigenvalue weighted by molar-refractivity contribution is 6.04. The summed E-state index contributed by atoms with van der Waals surface area (Å²) in [6.45, 7) is 3.74. The van der Waals surface area contributed by atoms with E-state index in [1.165, 1.54) is 13.0 Å². The average molecular weight is 447 g/mol. The first-order valence-corrected chi connectivity index (χ1v) is 10.6. The first kappa shape index (κ1) is 23.5. The summed E-state index contributed by atoms with van der Waals surface area (Å²) in [7, 11) is 0. The number of hydrogen-bond acceptors (Lipinski definition) is 5. The van der Waals surface area contributed by atoms with Crippen LogP contribution in [0.15, 0.2) is 72.8 Å². The van der Waals surface area contributed by atoms with Crippen LogP contribution in [0, 0.1) is 6.92 Å². The lowest BCUT2D eigenvalue weighted by molar-refractivity contribution is -0.131. The zero-order valence-electron chi connectivity index (χ0n) is 18.6. The smallest absolute Gasteiger partial charge is 0.308 e. The topological polar surface area (TPSA) is 93.7 Å². The molecule has 0 atom stereocenters. The van der Waals surface area contributed by atoms with Crippen molar-refractivity contribution >= 4 is 29.2 Å². The summed E-state index contributed by atoms with van der Waals surface area (Å²) in [5.41, 5.74) is 2.63. The first-order valence-electron chi connectivity index (χ1n) is 10.6. The maximum Gasteiger partial charge on any atom is 0.308 e. The number of para-hydroxylation sites is 1. The van der Waals surface area contributed by atoms with Crippen LogP contribution in [0.4, 0.5) is 11.4 Å². The van der Waals surface area contributed by atoms with Gasteiger partial charge in [0, 0.05) is 30.3 Å². The summed E-state index contributed by atoms with van der Waals surface area (Å²) in [5.74, 6) is 0.229. The van der Waals surface area contributed by atoms with Crippen molar-refractivity contribution in [3.8, 4) is 11.5 Å². The SMILES string of the molecule is CC(=O)Oc1cccc(C(=O)Nc2ccc(NC(=O)CCCOc3ccccc3C)cc2)c1. The largest absolute Gasteiger partial charge is 0.493 e. The minimum absolute atomic E-state index is 0.109. The van der Waals surface area contributed by atoms with Crippen molar-refractivity contribution in [2.45, 2.75) is 26.7 Å². The molecule has 0 radical (unpaired) electrons. The molecule has 2 amide bonds. The minimum Gasteiger partial charge on any atom is -0.493 e. The fraction of sp³-hybridized carbons (Fsp3) is 0.192. The molecular weight excluding hydrogens is 420 g/mol. The molecule has 0 saturated carbocycles. The van der Waals surface area contributed by atoms with Crippen molar-refractivity contribution < 1.29 is 23.9 Å². The molecule has 0 bridgehead atoms. The maximum atomic E-state index is 12.5. The summed E-state index contributed by atoms with van der Waals surface area (Å²) in [6, 6.07) is 20.9. The Balaban J connectivity index is 1.45. The molecule has 3 aromatic rings. The lowest BCUT2D eigenvalue weighted by Crippen LogP contribution is -2.14. The summed E-state index contributed by atoms with van der Waals surface area (Å²) >= 11 is 0. The van der Waals surface area contributed by atoms with E-state index in [0.717, 1.165) is 11.3 Å². The quantitative estimate of drug-likeness (QED) is 0.275. The van der Waals surface area contributed by atoms with Crippen molar-refractivity contribution in [1.82, 2.24) is 0 Å². The maximum absolute atomic E-state index is 12.5. The lowest BCUT2D eigenvalue weighted by Gasteiger charge is -2.10. The number of carbonyl (C=O) groups is 3. The highest BCUT2D eigenvalue weighted by Crippen LogP contribution is 2.19. The Morgan fingerprint density at radius 3 is 2.24 bits per heavy atom. The molecule has 3 rings (SSSR count). The molecule has 0 aliphatic carbocycles.